The number of thiophene rings is 1. The third-order valence-electron chi connectivity index (χ3n) is 6.08. The van der Waals surface area contributed by atoms with Crippen LogP contribution in [0.1, 0.15) is 42.7 Å². The molecule has 0 saturated carbocycles. The van der Waals surface area contributed by atoms with Crippen LogP contribution in [-0.2, 0) is 21.2 Å². The summed E-state index contributed by atoms with van der Waals surface area (Å²) in [4.78, 5) is 16.6. The number of amides is 1. The molecule has 162 valence electrons. The van der Waals surface area contributed by atoms with E-state index in [1.54, 1.807) is 17.4 Å². The summed E-state index contributed by atoms with van der Waals surface area (Å²) in [5.74, 6) is -0.0149. The highest BCUT2D eigenvalue weighted by Crippen LogP contribution is 2.38. The highest BCUT2D eigenvalue weighted by Gasteiger charge is 2.38. The molecule has 0 spiro atoms. The molecule has 4 rings (SSSR count). The van der Waals surface area contributed by atoms with E-state index in [1.807, 2.05) is 4.90 Å². The van der Waals surface area contributed by atoms with Crippen molar-refractivity contribution in [3.8, 4) is 0 Å². The topological polar surface area (TPSA) is 57.7 Å². The lowest BCUT2D eigenvalue weighted by Crippen LogP contribution is -2.47. The zero-order valence-electron chi connectivity index (χ0n) is 16.7. The molecule has 1 amide bonds. The Labute approximate surface area is 191 Å². The SMILES string of the molecule is CCC1c2ccsc2CCN1C(=O)C1CCN(S(=O)(=O)c2c(Cl)cccc2Cl)CC1. The number of carbonyl (C=O) groups excluding carboxylic acids is 1. The van der Waals surface area contributed by atoms with E-state index < -0.39 is 10.0 Å². The van der Waals surface area contributed by atoms with E-state index in [2.05, 4.69) is 18.4 Å². The minimum absolute atomic E-state index is 0.0508. The van der Waals surface area contributed by atoms with Crippen LogP contribution in [-0.4, -0.2) is 43.2 Å². The summed E-state index contributed by atoms with van der Waals surface area (Å²) < 4.78 is 27.5. The predicted molar refractivity (Wildman–Crippen MR) is 121 cm³/mol. The summed E-state index contributed by atoms with van der Waals surface area (Å²) in [5, 5.41) is 2.34. The highest BCUT2D eigenvalue weighted by atomic mass is 35.5. The first-order valence-corrected chi connectivity index (χ1v) is 13.2. The van der Waals surface area contributed by atoms with Gasteiger partial charge in [-0.05, 0) is 54.8 Å². The average molecular weight is 487 g/mol. The van der Waals surface area contributed by atoms with Crippen LogP contribution in [0.25, 0.3) is 0 Å². The van der Waals surface area contributed by atoms with Gasteiger partial charge in [0.1, 0.15) is 4.90 Å². The molecule has 1 aromatic carbocycles. The zero-order chi connectivity index (χ0) is 21.5. The standard InChI is InChI=1S/C21H24Cl2N2O3S2/c1-2-18-15-9-13-29-19(15)8-12-25(18)21(26)14-6-10-24(11-7-14)30(27,28)20-16(22)4-3-5-17(20)23/h3-5,9,13-14,18H,2,6-8,10-12H2,1H3. The lowest BCUT2D eigenvalue weighted by atomic mass is 9.92. The first-order chi connectivity index (χ1) is 14.3. The molecule has 5 nitrogen and oxygen atoms in total. The molecular formula is C21H24Cl2N2O3S2. The van der Waals surface area contributed by atoms with Gasteiger partial charge in [-0.25, -0.2) is 8.42 Å². The van der Waals surface area contributed by atoms with E-state index in [-0.39, 0.29) is 45.9 Å². The maximum Gasteiger partial charge on any atom is 0.246 e. The van der Waals surface area contributed by atoms with E-state index in [1.165, 1.54) is 26.9 Å². The quantitative estimate of drug-likeness (QED) is 0.611. The van der Waals surface area contributed by atoms with Crippen molar-refractivity contribution in [3.05, 3.63) is 50.1 Å². The largest absolute Gasteiger partial charge is 0.335 e. The molecule has 2 aliphatic rings. The van der Waals surface area contributed by atoms with Crippen molar-refractivity contribution in [2.24, 2.45) is 5.92 Å². The molecule has 0 aliphatic carbocycles. The summed E-state index contributed by atoms with van der Waals surface area (Å²) in [6.45, 7) is 3.42. The molecule has 1 atom stereocenters. The minimum Gasteiger partial charge on any atom is -0.335 e. The summed E-state index contributed by atoms with van der Waals surface area (Å²) in [6, 6.07) is 6.93. The predicted octanol–water partition coefficient (Wildman–Crippen LogP) is 4.99. The van der Waals surface area contributed by atoms with E-state index >= 15 is 0 Å². The van der Waals surface area contributed by atoms with Crippen LogP contribution in [0, 0.1) is 5.92 Å². The van der Waals surface area contributed by atoms with Gasteiger partial charge >= 0.3 is 0 Å². The van der Waals surface area contributed by atoms with Gasteiger partial charge in [-0.2, -0.15) is 4.31 Å². The lowest BCUT2D eigenvalue weighted by molar-refractivity contribution is -0.139. The van der Waals surface area contributed by atoms with E-state index in [0.29, 0.717) is 12.8 Å². The second-order valence-electron chi connectivity index (χ2n) is 7.73. The Kier molecular flexibility index (Phi) is 6.47. The van der Waals surface area contributed by atoms with Gasteiger partial charge in [0.25, 0.3) is 0 Å². The average Bonchev–Trinajstić information content (AvgIpc) is 3.21. The van der Waals surface area contributed by atoms with Crippen LogP contribution >= 0.6 is 34.5 Å². The number of piperidine rings is 1. The number of carbonyl (C=O) groups is 1. The fraction of sp³-hybridized carbons (Fsp3) is 0.476. The van der Waals surface area contributed by atoms with Crippen molar-refractivity contribution < 1.29 is 13.2 Å². The Morgan fingerprint density at radius 3 is 2.43 bits per heavy atom. The van der Waals surface area contributed by atoms with Gasteiger partial charge in [-0.1, -0.05) is 36.2 Å². The van der Waals surface area contributed by atoms with Crippen LogP contribution in [0.4, 0.5) is 0 Å². The van der Waals surface area contributed by atoms with Crippen LogP contribution in [0.2, 0.25) is 10.0 Å². The van der Waals surface area contributed by atoms with Gasteiger partial charge in [-0.15, -0.1) is 11.3 Å². The number of sulfonamides is 1. The Hall–Kier alpha value is -1.12. The number of rotatable bonds is 4. The van der Waals surface area contributed by atoms with Gasteiger partial charge < -0.3 is 4.90 Å². The van der Waals surface area contributed by atoms with Crippen molar-refractivity contribution in [2.45, 2.75) is 43.5 Å². The molecule has 30 heavy (non-hydrogen) atoms. The van der Waals surface area contributed by atoms with Gasteiger partial charge in [0, 0.05) is 30.4 Å². The van der Waals surface area contributed by atoms with Crippen molar-refractivity contribution in [2.75, 3.05) is 19.6 Å². The molecule has 9 heteroatoms. The zero-order valence-corrected chi connectivity index (χ0v) is 19.8. The van der Waals surface area contributed by atoms with Gasteiger partial charge in [0.15, 0.2) is 0 Å². The molecule has 1 saturated heterocycles. The molecule has 0 N–H and O–H groups in total. The molecule has 0 radical (unpaired) electrons. The molecule has 2 aromatic rings. The van der Waals surface area contributed by atoms with E-state index in [4.69, 9.17) is 23.2 Å². The number of nitrogens with zero attached hydrogens (tertiary/aromatic N) is 2. The lowest BCUT2D eigenvalue weighted by Gasteiger charge is -2.39. The van der Waals surface area contributed by atoms with Gasteiger partial charge in [0.05, 0.1) is 16.1 Å². The second-order valence-corrected chi connectivity index (χ2v) is 11.4. The molecule has 2 aliphatic heterocycles. The molecule has 1 aromatic heterocycles. The fourth-order valence-electron chi connectivity index (χ4n) is 4.54. The number of hydrogen-bond donors (Lipinski definition) is 0. The van der Waals surface area contributed by atoms with Crippen LogP contribution in [0.3, 0.4) is 0 Å². The number of halogens is 2. The summed E-state index contributed by atoms with van der Waals surface area (Å²) in [6.07, 6.45) is 2.79. The van der Waals surface area contributed by atoms with Crippen LogP contribution < -0.4 is 0 Å². The number of benzene rings is 1. The summed E-state index contributed by atoms with van der Waals surface area (Å²) >= 11 is 14.0. The summed E-state index contributed by atoms with van der Waals surface area (Å²) in [7, 11) is -3.80. The highest BCUT2D eigenvalue weighted by molar-refractivity contribution is 7.89. The third kappa shape index (κ3) is 3.91. The number of fused-ring (bicyclic) bond motifs is 1. The Balaban J connectivity index is 1.46. The Bertz CT molecular complexity index is 1030. The first-order valence-electron chi connectivity index (χ1n) is 10.2. The van der Waals surface area contributed by atoms with Crippen molar-refractivity contribution in [1.82, 2.24) is 9.21 Å². The maximum atomic E-state index is 13.3. The van der Waals surface area contributed by atoms with Gasteiger partial charge in [-0.3, -0.25) is 4.79 Å². The fourth-order valence-corrected chi connectivity index (χ4v) is 8.03. The van der Waals surface area contributed by atoms with Gasteiger partial charge in [0.2, 0.25) is 15.9 Å². The van der Waals surface area contributed by atoms with Crippen molar-refractivity contribution in [1.29, 1.82) is 0 Å². The van der Waals surface area contributed by atoms with Crippen LogP contribution in [0.5, 0.6) is 0 Å². The Morgan fingerprint density at radius 2 is 1.80 bits per heavy atom. The molecule has 3 heterocycles. The molecule has 1 fully saturated rings. The van der Waals surface area contributed by atoms with Crippen molar-refractivity contribution in [3.63, 3.8) is 0 Å². The van der Waals surface area contributed by atoms with E-state index in [0.717, 1.165) is 19.4 Å². The van der Waals surface area contributed by atoms with Crippen molar-refractivity contribution >= 4 is 50.5 Å². The van der Waals surface area contributed by atoms with E-state index in [9.17, 15) is 13.2 Å². The second kappa shape index (κ2) is 8.79. The smallest absolute Gasteiger partial charge is 0.246 e. The monoisotopic (exact) mass is 486 g/mol. The van der Waals surface area contributed by atoms with Crippen LogP contribution in [0.15, 0.2) is 34.5 Å². The number of hydrogen-bond acceptors (Lipinski definition) is 4. The minimum atomic E-state index is -3.80. The molecule has 0 bridgehead atoms. The Morgan fingerprint density at radius 1 is 1.13 bits per heavy atom. The first kappa shape index (κ1) is 22.1. The maximum absolute atomic E-state index is 13.3. The third-order valence-corrected chi connectivity index (χ3v) is 9.94. The molecular weight excluding hydrogens is 463 g/mol. The summed E-state index contributed by atoms with van der Waals surface area (Å²) in [5.41, 5.74) is 1.27. The normalized spacial score (nSPS) is 20.9. The molecule has 1 unspecified atom stereocenters.